The molecule has 6 nitrogen and oxygen atoms in total. The number of carbonyl (C=O) groups excluding carboxylic acids is 1. The third kappa shape index (κ3) is 3.96. The summed E-state index contributed by atoms with van der Waals surface area (Å²) in [6.45, 7) is 5.49. The zero-order chi connectivity index (χ0) is 21.3. The van der Waals surface area contributed by atoms with Crippen LogP contribution in [0.1, 0.15) is 37.0 Å². The molecule has 160 valence electrons. The second-order valence-corrected chi connectivity index (χ2v) is 10.2. The Morgan fingerprint density at radius 3 is 2.43 bits per heavy atom. The fraction of sp³-hybridized carbons (Fsp3) is 0.435. The molecule has 1 amide bonds. The Balaban J connectivity index is 1.67. The first-order valence-corrected chi connectivity index (χ1v) is 11.9. The summed E-state index contributed by atoms with van der Waals surface area (Å²) in [7, 11) is -3.69. The van der Waals surface area contributed by atoms with Crippen molar-refractivity contribution in [2.24, 2.45) is 5.92 Å². The second-order valence-electron chi connectivity index (χ2n) is 8.37. The molecule has 2 aliphatic rings. The van der Waals surface area contributed by atoms with E-state index in [4.69, 9.17) is 4.74 Å². The van der Waals surface area contributed by atoms with Gasteiger partial charge in [0.05, 0.1) is 6.04 Å². The fourth-order valence-corrected chi connectivity index (χ4v) is 6.28. The summed E-state index contributed by atoms with van der Waals surface area (Å²) in [4.78, 5) is 15.0. The quantitative estimate of drug-likeness (QED) is 0.752. The molecule has 0 spiro atoms. The molecule has 30 heavy (non-hydrogen) atoms. The largest absolute Gasteiger partial charge is 0.487 e. The van der Waals surface area contributed by atoms with Crippen LogP contribution in [0.3, 0.4) is 0 Å². The van der Waals surface area contributed by atoms with Gasteiger partial charge in [0.2, 0.25) is 10.0 Å². The predicted molar refractivity (Wildman–Crippen MR) is 115 cm³/mol. The molecule has 2 heterocycles. The van der Waals surface area contributed by atoms with Gasteiger partial charge in [-0.3, -0.25) is 4.79 Å². The van der Waals surface area contributed by atoms with Crippen molar-refractivity contribution in [3.8, 4) is 5.75 Å². The molecular formula is C23H28N2O4S. The molecule has 2 aromatic carbocycles. The number of amides is 1. The van der Waals surface area contributed by atoms with Crippen LogP contribution in [0, 0.1) is 5.92 Å². The molecule has 0 aromatic heterocycles. The maximum atomic E-state index is 13.5. The van der Waals surface area contributed by atoms with Crippen LogP contribution in [-0.2, 0) is 10.0 Å². The lowest BCUT2D eigenvalue weighted by molar-refractivity contribution is 0.0755. The Morgan fingerprint density at radius 1 is 1.03 bits per heavy atom. The average Bonchev–Trinajstić information content (AvgIpc) is 2.98. The highest BCUT2D eigenvalue weighted by molar-refractivity contribution is 7.89. The van der Waals surface area contributed by atoms with Crippen molar-refractivity contribution >= 4 is 15.9 Å². The van der Waals surface area contributed by atoms with Crippen molar-refractivity contribution < 1.29 is 17.9 Å². The molecule has 0 bridgehead atoms. The first-order chi connectivity index (χ1) is 14.4. The number of para-hydroxylation sites is 1. The molecule has 4 rings (SSSR count). The Labute approximate surface area is 178 Å². The number of hydrogen-bond acceptors (Lipinski definition) is 4. The number of sulfonamides is 1. The molecule has 0 aliphatic carbocycles. The van der Waals surface area contributed by atoms with E-state index >= 15 is 0 Å². The highest BCUT2D eigenvalue weighted by Gasteiger charge is 2.43. The Kier molecular flexibility index (Phi) is 5.84. The van der Waals surface area contributed by atoms with Crippen LogP contribution in [0.15, 0.2) is 59.5 Å². The van der Waals surface area contributed by atoms with Crippen molar-refractivity contribution in [1.82, 2.24) is 9.21 Å². The molecule has 0 unspecified atom stereocenters. The molecule has 2 atom stereocenters. The molecule has 2 aromatic rings. The smallest absolute Gasteiger partial charge is 0.253 e. The summed E-state index contributed by atoms with van der Waals surface area (Å²) >= 11 is 0. The van der Waals surface area contributed by atoms with Gasteiger partial charge in [0.25, 0.3) is 5.91 Å². The van der Waals surface area contributed by atoms with Gasteiger partial charge in [-0.15, -0.1) is 0 Å². The number of rotatable bonds is 3. The Bertz CT molecular complexity index is 1010. The highest BCUT2D eigenvalue weighted by Crippen LogP contribution is 2.36. The zero-order valence-corrected chi connectivity index (χ0v) is 18.2. The number of nitrogens with zero attached hydrogens (tertiary/aromatic N) is 2. The van der Waals surface area contributed by atoms with Gasteiger partial charge in [-0.1, -0.05) is 44.2 Å². The predicted octanol–water partition coefficient (Wildman–Crippen LogP) is 3.40. The van der Waals surface area contributed by atoms with Crippen molar-refractivity contribution in [2.45, 2.75) is 43.7 Å². The second kappa shape index (κ2) is 8.40. The van der Waals surface area contributed by atoms with E-state index in [-0.39, 0.29) is 28.9 Å². The maximum Gasteiger partial charge on any atom is 0.253 e. The molecule has 1 saturated heterocycles. The van der Waals surface area contributed by atoms with Crippen LogP contribution < -0.4 is 4.74 Å². The molecule has 0 saturated carbocycles. The SMILES string of the molecule is CC(C)CN1[C@@H]2CCN(C(=O)c3ccccc3)CC[C@H]2Oc2ccccc2S1(=O)=O. The van der Waals surface area contributed by atoms with Crippen LogP contribution in [0.5, 0.6) is 5.75 Å². The van der Waals surface area contributed by atoms with Crippen molar-refractivity contribution in [1.29, 1.82) is 0 Å². The van der Waals surface area contributed by atoms with E-state index in [0.717, 1.165) is 0 Å². The minimum atomic E-state index is -3.69. The van der Waals surface area contributed by atoms with Gasteiger partial charge in [-0.05, 0) is 36.6 Å². The minimum Gasteiger partial charge on any atom is -0.487 e. The lowest BCUT2D eigenvalue weighted by Gasteiger charge is -2.32. The van der Waals surface area contributed by atoms with Gasteiger partial charge in [0.15, 0.2) is 0 Å². The number of fused-ring (bicyclic) bond motifs is 2. The first-order valence-electron chi connectivity index (χ1n) is 10.5. The normalized spacial score (nSPS) is 23.6. The van der Waals surface area contributed by atoms with E-state index < -0.39 is 10.0 Å². The van der Waals surface area contributed by atoms with Crippen molar-refractivity contribution in [3.63, 3.8) is 0 Å². The van der Waals surface area contributed by atoms with Crippen molar-refractivity contribution in [2.75, 3.05) is 19.6 Å². The summed E-state index contributed by atoms with van der Waals surface area (Å²) in [6.07, 6.45) is 0.834. The number of hydrogen-bond donors (Lipinski definition) is 0. The van der Waals surface area contributed by atoms with Gasteiger partial charge in [0, 0.05) is 31.6 Å². The van der Waals surface area contributed by atoms with Crippen molar-refractivity contribution in [3.05, 3.63) is 60.2 Å². The Hall–Kier alpha value is -2.38. The molecule has 1 fully saturated rings. The van der Waals surface area contributed by atoms with Crippen LogP contribution >= 0.6 is 0 Å². The van der Waals surface area contributed by atoms with Gasteiger partial charge in [-0.25, -0.2) is 8.42 Å². The molecule has 2 aliphatic heterocycles. The van der Waals surface area contributed by atoms with Crippen LogP contribution in [0.4, 0.5) is 0 Å². The molecular weight excluding hydrogens is 400 g/mol. The lowest BCUT2D eigenvalue weighted by Crippen LogP contribution is -2.48. The van der Waals surface area contributed by atoms with E-state index in [2.05, 4.69) is 0 Å². The summed E-state index contributed by atoms with van der Waals surface area (Å²) < 4.78 is 34.9. The third-order valence-electron chi connectivity index (χ3n) is 5.74. The molecule has 0 N–H and O–H groups in total. The van der Waals surface area contributed by atoms with E-state index in [0.29, 0.717) is 43.8 Å². The third-order valence-corrected chi connectivity index (χ3v) is 7.67. The first kappa shape index (κ1) is 20.9. The number of ether oxygens (including phenoxy) is 1. The highest BCUT2D eigenvalue weighted by atomic mass is 32.2. The number of likely N-dealkylation sites (tertiary alicyclic amines) is 1. The summed E-state index contributed by atoms with van der Waals surface area (Å²) in [5, 5.41) is 0. The Morgan fingerprint density at radius 2 is 1.70 bits per heavy atom. The van der Waals surface area contributed by atoms with Crippen LogP contribution in [-0.4, -0.2) is 55.3 Å². The average molecular weight is 429 g/mol. The van der Waals surface area contributed by atoms with Gasteiger partial charge >= 0.3 is 0 Å². The minimum absolute atomic E-state index is 0.0225. The van der Waals surface area contributed by atoms with Crippen LogP contribution in [0.25, 0.3) is 0 Å². The standard InChI is InChI=1S/C23H28N2O4S/c1-17(2)16-25-19-12-14-24(23(26)18-8-4-3-5-9-18)15-13-20(19)29-21-10-6-7-11-22(21)30(25,27)28/h3-11,17,19-20H,12-16H2,1-2H3/t19-,20-/m1/s1. The number of carbonyl (C=O) groups is 1. The lowest BCUT2D eigenvalue weighted by atomic mass is 10.0. The van der Waals surface area contributed by atoms with E-state index in [1.165, 1.54) is 0 Å². The van der Waals surface area contributed by atoms with Crippen LogP contribution in [0.2, 0.25) is 0 Å². The fourth-order valence-electron chi connectivity index (χ4n) is 4.32. The molecule has 0 radical (unpaired) electrons. The monoisotopic (exact) mass is 428 g/mol. The van der Waals surface area contributed by atoms with E-state index in [1.54, 1.807) is 28.6 Å². The number of benzene rings is 2. The van der Waals surface area contributed by atoms with E-state index in [9.17, 15) is 13.2 Å². The topological polar surface area (TPSA) is 66.9 Å². The van der Waals surface area contributed by atoms with Gasteiger partial charge in [0.1, 0.15) is 16.7 Å². The van der Waals surface area contributed by atoms with Gasteiger partial charge in [-0.2, -0.15) is 4.31 Å². The summed E-state index contributed by atoms with van der Waals surface area (Å²) in [6, 6.07) is 15.8. The maximum absolute atomic E-state index is 13.5. The van der Waals surface area contributed by atoms with Gasteiger partial charge < -0.3 is 9.64 Å². The zero-order valence-electron chi connectivity index (χ0n) is 17.4. The molecule has 7 heteroatoms. The summed E-state index contributed by atoms with van der Waals surface area (Å²) in [5.41, 5.74) is 0.650. The van der Waals surface area contributed by atoms with E-state index in [1.807, 2.05) is 49.1 Å². The summed E-state index contributed by atoms with van der Waals surface area (Å²) in [5.74, 6) is 0.559.